The summed E-state index contributed by atoms with van der Waals surface area (Å²) in [5, 5.41) is 7.84. The van der Waals surface area contributed by atoms with E-state index < -0.39 is 22.7 Å². The highest BCUT2D eigenvalue weighted by Crippen LogP contribution is 2.40. The number of benzene rings is 1. The second kappa shape index (κ2) is 3.45. The van der Waals surface area contributed by atoms with Crippen molar-refractivity contribution < 1.29 is 23.1 Å². The average Bonchev–Trinajstić information content (AvgIpc) is 2.53. The Bertz CT molecular complexity index is 562. The molecular formula is C10H5ClF2O3. The first-order valence-electron chi connectivity index (χ1n) is 4.23. The lowest BCUT2D eigenvalue weighted by Gasteiger charge is -2.09. The topological polar surface area (TPSA) is 50.4 Å². The maximum atomic E-state index is 13.4. The van der Waals surface area contributed by atoms with Gasteiger partial charge in [-0.1, -0.05) is 18.2 Å². The van der Waals surface area contributed by atoms with Crippen LogP contribution in [-0.2, 0) is 10.7 Å². The van der Waals surface area contributed by atoms with Crippen LogP contribution in [0.25, 0.3) is 11.0 Å². The summed E-state index contributed by atoms with van der Waals surface area (Å²) in [7, 11) is 0. The number of hydrogen-bond acceptors (Lipinski definition) is 2. The first kappa shape index (κ1) is 10.9. The first-order valence-corrected chi connectivity index (χ1v) is 4.61. The number of hydrogen-bond donors (Lipinski definition) is 1. The zero-order valence-corrected chi connectivity index (χ0v) is 8.46. The Morgan fingerprint density at radius 2 is 2.00 bits per heavy atom. The number of carboxylic acid groups (broad SMARTS) is 1. The Morgan fingerprint density at radius 1 is 1.38 bits per heavy atom. The van der Waals surface area contributed by atoms with Gasteiger partial charge in [0.25, 0.3) is 0 Å². The van der Waals surface area contributed by atoms with E-state index in [0.29, 0.717) is 0 Å². The van der Waals surface area contributed by atoms with Crippen LogP contribution in [0.3, 0.4) is 0 Å². The minimum Gasteiger partial charge on any atom is -0.477 e. The fourth-order valence-electron chi connectivity index (χ4n) is 1.42. The predicted molar refractivity (Wildman–Crippen MR) is 52.8 cm³/mol. The van der Waals surface area contributed by atoms with Crippen molar-refractivity contribution in [2.75, 3.05) is 0 Å². The highest BCUT2D eigenvalue weighted by molar-refractivity contribution is 6.31. The fraction of sp³-hybridized carbons (Fsp3) is 0.100. The van der Waals surface area contributed by atoms with Crippen LogP contribution in [0.15, 0.2) is 28.7 Å². The third kappa shape index (κ3) is 1.44. The van der Waals surface area contributed by atoms with Gasteiger partial charge in [0.05, 0.1) is 5.56 Å². The van der Waals surface area contributed by atoms with Crippen molar-refractivity contribution in [3.05, 3.63) is 35.0 Å². The van der Waals surface area contributed by atoms with Crippen molar-refractivity contribution in [3.8, 4) is 0 Å². The van der Waals surface area contributed by atoms with Crippen molar-refractivity contribution in [2.45, 2.75) is 5.92 Å². The number of furan rings is 1. The summed E-state index contributed by atoms with van der Waals surface area (Å²) in [6, 6.07) is 5.83. The van der Waals surface area contributed by atoms with E-state index in [1.54, 1.807) is 6.07 Å². The Labute approximate surface area is 93.2 Å². The zero-order chi connectivity index (χ0) is 11.9. The van der Waals surface area contributed by atoms with Gasteiger partial charge in [-0.15, -0.1) is 0 Å². The molecule has 1 N–H and O–H groups in total. The van der Waals surface area contributed by atoms with Gasteiger partial charge in [-0.3, -0.25) is 0 Å². The van der Waals surface area contributed by atoms with E-state index in [9.17, 15) is 13.6 Å². The monoisotopic (exact) mass is 246 g/mol. The van der Waals surface area contributed by atoms with Gasteiger partial charge in [-0.05, 0) is 17.7 Å². The molecule has 2 aromatic rings. The Kier molecular flexibility index (Phi) is 2.35. The van der Waals surface area contributed by atoms with Crippen LogP contribution in [0, 0.1) is 0 Å². The van der Waals surface area contributed by atoms with E-state index >= 15 is 0 Å². The number of halogens is 3. The lowest BCUT2D eigenvalue weighted by atomic mass is 10.1. The SMILES string of the molecule is O=C(O)C(F)(F)c1c(Cl)oc2ccccc12. The van der Waals surface area contributed by atoms with Crippen molar-refractivity contribution in [3.63, 3.8) is 0 Å². The number of carboxylic acids is 1. The van der Waals surface area contributed by atoms with E-state index in [0.717, 1.165) is 0 Å². The summed E-state index contributed by atoms with van der Waals surface area (Å²) in [4.78, 5) is 10.5. The Hall–Kier alpha value is -1.62. The summed E-state index contributed by atoms with van der Waals surface area (Å²) < 4.78 is 31.6. The van der Waals surface area contributed by atoms with Gasteiger partial charge < -0.3 is 9.52 Å². The number of para-hydroxylation sites is 1. The molecule has 0 aliphatic carbocycles. The van der Waals surface area contributed by atoms with Gasteiger partial charge >= 0.3 is 11.9 Å². The molecule has 0 saturated heterocycles. The molecular weight excluding hydrogens is 242 g/mol. The van der Waals surface area contributed by atoms with E-state index in [1.165, 1.54) is 18.2 Å². The largest absolute Gasteiger partial charge is 0.477 e. The molecule has 0 atom stereocenters. The highest BCUT2D eigenvalue weighted by atomic mass is 35.5. The van der Waals surface area contributed by atoms with Crippen LogP contribution in [-0.4, -0.2) is 11.1 Å². The van der Waals surface area contributed by atoms with Gasteiger partial charge in [0.15, 0.2) is 0 Å². The lowest BCUT2D eigenvalue weighted by Crippen LogP contribution is -2.25. The van der Waals surface area contributed by atoms with Crippen LogP contribution in [0.1, 0.15) is 5.56 Å². The third-order valence-corrected chi connectivity index (χ3v) is 2.40. The molecule has 2 rings (SSSR count). The maximum absolute atomic E-state index is 13.4. The molecule has 0 spiro atoms. The Morgan fingerprint density at radius 3 is 2.62 bits per heavy atom. The van der Waals surface area contributed by atoms with Crippen LogP contribution >= 0.6 is 11.6 Å². The molecule has 3 nitrogen and oxygen atoms in total. The van der Waals surface area contributed by atoms with E-state index in [4.69, 9.17) is 21.1 Å². The fourth-order valence-corrected chi connectivity index (χ4v) is 1.72. The molecule has 84 valence electrons. The summed E-state index contributed by atoms with van der Waals surface area (Å²) >= 11 is 5.49. The van der Waals surface area contributed by atoms with Gasteiger partial charge in [-0.25, -0.2) is 4.79 Å². The summed E-state index contributed by atoms with van der Waals surface area (Å²) in [6.07, 6.45) is 0. The van der Waals surface area contributed by atoms with Crippen molar-refractivity contribution in [1.82, 2.24) is 0 Å². The standard InChI is InChI=1S/C10H5ClF2O3/c11-8-7(10(12,13)9(14)15)5-3-1-2-4-6(5)16-8/h1-4H,(H,14,15). The first-order chi connectivity index (χ1) is 7.44. The summed E-state index contributed by atoms with van der Waals surface area (Å²) in [5.41, 5.74) is -0.680. The van der Waals surface area contributed by atoms with Gasteiger partial charge in [-0.2, -0.15) is 8.78 Å². The van der Waals surface area contributed by atoms with Gasteiger partial charge in [0.2, 0.25) is 5.22 Å². The molecule has 0 saturated carbocycles. The number of carbonyl (C=O) groups is 1. The number of aliphatic carboxylic acids is 1. The number of rotatable bonds is 2. The van der Waals surface area contributed by atoms with E-state index in [1.807, 2.05) is 0 Å². The second-order valence-electron chi connectivity index (χ2n) is 3.13. The Balaban J connectivity index is 2.78. The number of fused-ring (bicyclic) bond motifs is 1. The van der Waals surface area contributed by atoms with Crippen LogP contribution in [0.4, 0.5) is 8.78 Å². The molecule has 1 aromatic carbocycles. The molecule has 0 unspecified atom stereocenters. The third-order valence-electron chi connectivity index (χ3n) is 2.14. The predicted octanol–water partition coefficient (Wildman–Crippen LogP) is 3.26. The van der Waals surface area contributed by atoms with Gasteiger partial charge in [0, 0.05) is 5.39 Å². The van der Waals surface area contributed by atoms with E-state index in [-0.39, 0.29) is 11.0 Å². The maximum Gasteiger partial charge on any atom is 0.379 e. The molecule has 0 fully saturated rings. The van der Waals surface area contributed by atoms with Crippen LogP contribution < -0.4 is 0 Å². The van der Waals surface area contributed by atoms with Gasteiger partial charge in [0.1, 0.15) is 5.58 Å². The molecule has 1 aromatic heterocycles. The number of alkyl halides is 2. The summed E-state index contributed by atoms with van der Waals surface area (Å²) in [6.45, 7) is 0. The van der Waals surface area contributed by atoms with Crippen LogP contribution in [0.5, 0.6) is 0 Å². The second-order valence-corrected chi connectivity index (χ2v) is 3.47. The smallest absolute Gasteiger partial charge is 0.379 e. The molecule has 0 aliphatic rings. The normalized spacial score (nSPS) is 11.9. The molecule has 16 heavy (non-hydrogen) atoms. The minimum atomic E-state index is -4.07. The van der Waals surface area contributed by atoms with Crippen molar-refractivity contribution >= 4 is 28.5 Å². The lowest BCUT2D eigenvalue weighted by molar-refractivity contribution is -0.166. The highest BCUT2D eigenvalue weighted by Gasteiger charge is 2.46. The van der Waals surface area contributed by atoms with E-state index in [2.05, 4.69) is 0 Å². The minimum absolute atomic E-state index is 0.0000926. The molecule has 0 amide bonds. The zero-order valence-electron chi connectivity index (χ0n) is 7.71. The average molecular weight is 247 g/mol. The molecule has 0 radical (unpaired) electrons. The molecule has 1 heterocycles. The summed E-state index contributed by atoms with van der Waals surface area (Å²) in [5.74, 6) is -6.33. The van der Waals surface area contributed by atoms with Crippen molar-refractivity contribution in [2.24, 2.45) is 0 Å². The van der Waals surface area contributed by atoms with Crippen LogP contribution in [0.2, 0.25) is 5.22 Å². The quantitative estimate of drug-likeness (QED) is 0.885. The molecule has 6 heteroatoms. The molecule has 0 aliphatic heterocycles. The van der Waals surface area contributed by atoms with Crippen molar-refractivity contribution in [1.29, 1.82) is 0 Å². The molecule has 0 bridgehead atoms.